The molecular weight excluding hydrogens is 352 g/mol. The lowest BCUT2D eigenvalue weighted by Crippen LogP contribution is -2.28. The first-order valence-corrected chi connectivity index (χ1v) is 9.09. The van der Waals surface area contributed by atoms with E-state index in [-0.39, 0.29) is 29.6 Å². The minimum absolute atomic E-state index is 0.0789. The lowest BCUT2D eigenvalue weighted by Gasteiger charge is -2.09. The van der Waals surface area contributed by atoms with Crippen molar-refractivity contribution >= 4 is 34.5 Å². The zero-order chi connectivity index (χ0) is 18.5. The van der Waals surface area contributed by atoms with Crippen LogP contribution < -0.4 is 16.2 Å². The lowest BCUT2D eigenvalue weighted by molar-refractivity contribution is -0.115. The van der Waals surface area contributed by atoms with E-state index in [0.717, 1.165) is 11.3 Å². The topological polar surface area (TPSA) is 92.6 Å². The molecule has 0 aliphatic heterocycles. The predicted molar refractivity (Wildman–Crippen MR) is 101 cm³/mol. The quantitative estimate of drug-likeness (QED) is 0.695. The van der Waals surface area contributed by atoms with Crippen molar-refractivity contribution in [2.24, 2.45) is 0 Å². The molecule has 8 heteroatoms. The van der Waals surface area contributed by atoms with Gasteiger partial charge in [0.2, 0.25) is 5.91 Å². The van der Waals surface area contributed by atoms with Crippen molar-refractivity contribution in [2.75, 3.05) is 11.9 Å². The summed E-state index contributed by atoms with van der Waals surface area (Å²) >= 11 is 1.48. The number of carbonyl (C=O) groups excluding carboxylic acids is 2. The number of amides is 2. The van der Waals surface area contributed by atoms with Gasteiger partial charge in [-0.05, 0) is 30.0 Å². The van der Waals surface area contributed by atoms with Crippen LogP contribution >= 0.6 is 11.3 Å². The molecule has 7 nitrogen and oxygen atoms in total. The Morgan fingerprint density at radius 2 is 2.12 bits per heavy atom. The molecule has 0 aliphatic rings. The van der Waals surface area contributed by atoms with Crippen LogP contribution in [0.1, 0.15) is 28.6 Å². The van der Waals surface area contributed by atoms with E-state index in [9.17, 15) is 14.4 Å². The van der Waals surface area contributed by atoms with E-state index in [0.29, 0.717) is 12.1 Å². The van der Waals surface area contributed by atoms with Gasteiger partial charge in [-0.15, -0.1) is 11.3 Å². The number of fused-ring (bicyclic) bond motifs is 1. The number of carbonyl (C=O) groups is 2. The minimum Gasteiger partial charge on any atom is -0.352 e. The molecular formula is C18H18N4O3S. The highest BCUT2D eigenvalue weighted by Gasteiger charge is 2.14. The lowest BCUT2D eigenvalue weighted by atomic mass is 10.2. The molecule has 134 valence electrons. The number of thiophene rings is 1. The van der Waals surface area contributed by atoms with E-state index in [2.05, 4.69) is 15.6 Å². The molecule has 26 heavy (non-hydrogen) atoms. The second-order valence-corrected chi connectivity index (χ2v) is 6.68. The molecule has 0 radical (unpaired) electrons. The summed E-state index contributed by atoms with van der Waals surface area (Å²) in [6.07, 6.45) is 3.82. The highest BCUT2D eigenvalue weighted by molar-refractivity contribution is 7.10. The van der Waals surface area contributed by atoms with Gasteiger partial charge in [0.15, 0.2) is 5.65 Å². The Morgan fingerprint density at radius 3 is 2.85 bits per heavy atom. The van der Waals surface area contributed by atoms with Gasteiger partial charge in [-0.25, -0.2) is 4.98 Å². The number of rotatable bonds is 6. The molecule has 0 atom stereocenters. The zero-order valence-electron chi connectivity index (χ0n) is 14.2. The van der Waals surface area contributed by atoms with Crippen LogP contribution in [0.2, 0.25) is 0 Å². The second kappa shape index (κ2) is 7.92. The van der Waals surface area contributed by atoms with E-state index in [1.54, 1.807) is 12.1 Å². The number of hydrogen-bond acceptors (Lipinski definition) is 5. The normalized spacial score (nSPS) is 10.7. The van der Waals surface area contributed by atoms with Gasteiger partial charge in [0.05, 0.1) is 18.2 Å². The fourth-order valence-corrected chi connectivity index (χ4v) is 3.17. The Labute approximate surface area is 153 Å². The maximum atomic E-state index is 12.6. The number of pyridine rings is 1. The molecule has 0 unspecified atom stereocenters. The maximum absolute atomic E-state index is 12.6. The molecule has 3 rings (SSSR count). The monoisotopic (exact) mass is 370 g/mol. The first-order chi connectivity index (χ1) is 12.6. The first kappa shape index (κ1) is 17.8. The summed E-state index contributed by atoms with van der Waals surface area (Å²) in [7, 11) is 0. The van der Waals surface area contributed by atoms with Gasteiger partial charge >= 0.3 is 0 Å². The summed E-state index contributed by atoms with van der Waals surface area (Å²) < 4.78 is 1.27. The third-order valence-corrected chi connectivity index (χ3v) is 4.58. The molecule has 2 N–H and O–H groups in total. The van der Waals surface area contributed by atoms with Crippen LogP contribution in [0.3, 0.4) is 0 Å². The fourth-order valence-electron chi connectivity index (χ4n) is 2.47. The highest BCUT2D eigenvalue weighted by atomic mass is 32.1. The van der Waals surface area contributed by atoms with Crippen molar-refractivity contribution in [2.45, 2.75) is 19.8 Å². The second-order valence-electron chi connectivity index (χ2n) is 5.65. The van der Waals surface area contributed by atoms with Gasteiger partial charge < -0.3 is 10.6 Å². The molecule has 3 heterocycles. The zero-order valence-corrected chi connectivity index (χ0v) is 15.0. The van der Waals surface area contributed by atoms with E-state index >= 15 is 0 Å². The molecule has 0 saturated carbocycles. The average Bonchev–Trinajstić information content (AvgIpc) is 3.14. The highest BCUT2D eigenvalue weighted by Crippen LogP contribution is 2.11. The van der Waals surface area contributed by atoms with Gasteiger partial charge in [-0.2, -0.15) is 0 Å². The third-order valence-electron chi connectivity index (χ3n) is 3.70. The number of nitrogens with zero attached hydrogens (tertiary/aromatic N) is 2. The summed E-state index contributed by atoms with van der Waals surface area (Å²) in [5.41, 5.74) is 0.215. The Morgan fingerprint density at radius 1 is 1.27 bits per heavy atom. The number of nitrogens with one attached hydrogen (secondary N) is 2. The van der Waals surface area contributed by atoms with Gasteiger partial charge in [0, 0.05) is 17.6 Å². The van der Waals surface area contributed by atoms with E-state index in [1.807, 2.05) is 24.4 Å². The SMILES string of the molecule is CCCNC(=O)c1cccn2c(=O)c(NC(=O)Cc3cccs3)cnc12. The Hall–Kier alpha value is -3.00. The largest absolute Gasteiger partial charge is 0.352 e. The smallest absolute Gasteiger partial charge is 0.281 e. The minimum atomic E-state index is -0.431. The standard InChI is InChI=1S/C18H18N4O3S/c1-2-7-19-17(24)13-6-3-8-22-16(13)20-11-14(18(22)25)21-15(23)10-12-5-4-9-26-12/h3-6,8-9,11H,2,7,10H2,1H3,(H,19,24)(H,21,23). The van der Waals surface area contributed by atoms with Crippen molar-refractivity contribution in [3.05, 3.63) is 62.8 Å². The summed E-state index contributed by atoms with van der Waals surface area (Å²) in [6.45, 7) is 2.50. The van der Waals surface area contributed by atoms with Gasteiger partial charge in [-0.1, -0.05) is 13.0 Å². The Bertz CT molecular complexity index is 995. The molecule has 0 aromatic carbocycles. The maximum Gasteiger partial charge on any atom is 0.281 e. The van der Waals surface area contributed by atoms with Crippen LogP contribution in [0.4, 0.5) is 5.69 Å². The van der Waals surface area contributed by atoms with Crippen LogP contribution in [0.5, 0.6) is 0 Å². The van der Waals surface area contributed by atoms with E-state index in [4.69, 9.17) is 0 Å². The molecule has 0 saturated heterocycles. The average molecular weight is 370 g/mol. The Kier molecular flexibility index (Phi) is 5.43. The fraction of sp³-hybridized carbons (Fsp3) is 0.222. The molecule has 3 aromatic heterocycles. The Balaban J connectivity index is 1.88. The van der Waals surface area contributed by atoms with Crippen LogP contribution in [0, 0.1) is 0 Å². The summed E-state index contributed by atoms with van der Waals surface area (Å²) in [4.78, 5) is 42.1. The van der Waals surface area contributed by atoms with Crippen LogP contribution in [-0.4, -0.2) is 27.7 Å². The van der Waals surface area contributed by atoms with Gasteiger partial charge in [0.25, 0.3) is 11.5 Å². The van der Waals surface area contributed by atoms with Crippen molar-refractivity contribution in [1.29, 1.82) is 0 Å². The summed E-state index contributed by atoms with van der Waals surface area (Å²) in [5.74, 6) is -0.575. The molecule has 0 aliphatic carbocycles. The molecule has 3 aromatic rings. The van der Waals surface area contributed by atoms with Crippen LogP contribution in [0.15, 0.2) is 46.8 Å². The predicted octanol–water partition coefficient (Wildman–Crippen LogP) is 2.08. The van der Waals surface area contributed by atoms with Crippen molar-refractivity contribution in [3.63, 3.8) is 0 Å². The molecule has 0 spiro atoms. The van der Waals surface area contributed by atoms with Crippen molar-refractivity contribution in [1.82, 2.24) is 14.7 Å². The molecule has 0 bridgehead atoms. The van der Waals surface area contributed by atoms with Gasteiger partial charge in [0.1, 0.15) is 5.69 Å². The number of hydrogen-bond donors (Lipinski definition) is 2. The van der Waals surface area contributed by atoms with Crippen LogP contribution in [0.25, 0.3) is 5.65 Å². The number of aromatic nitrogens is 2. The van der Waals surface area contributed by atoms with E-state index < -0.39 is 5.56 Å². The van der Waals surface area contributed by atoms with Crippen molar-refractivity contribution in [3.8, 4) is 0 Å². The van der Waals surface area contributed by atoms with Crippen molar-refractivity contribution < 1.29 is 9.59 Å². The molecule has 2 amide bonds. The summed E-state index contributed by atoms with van der Waals surface area (Å²) in [5, 5.41) is 7.25. The third kappa shape index (κ3) is 3.80. The summed E-state index contributed by atoms with van der Waals surface area (Å²) in [6, 6.07) is 6.94. The number of anilines is 1. The van der Waals surface area contributed by atoms with E-state index in [1.165, 1.54) is 28.1 Å². The molecule has 0 fully saturated rings. The van der Waals surface area contributed by atoms with Gasteiger partial charge in [-0.3, -0.25) is 18.8 Å². The first-order valence-electron chi connectivity index (χ1n) is 8.21. The van der Waals surface area contributed by atoms with Crippen LogP contribution in [-0.2, 0) is 11.2 Å².